The first-order valence-electron chi connectivity index (χ1n) is 9.58. The van der Waals surface area contributed by atoms with Crippen LogP contribution in [0, 0.1) is 0 Å². The van der Waals surface area contributed by atoms with Gasteiger partial charge in [-0.1, -0.05) is 36.9 Å². The number of rotatable bonds is 11. The smallest absolute Gasteiger partial charge is 0.215 e. The molecule has 0 N–H and O–H groups in total. The Morgan fingerprint density at radius 2 is 0.878 bits per heavy atom. The molecule has 41 heavy (non-hydrogen) atoms. The second-order valence-electron chi connectivity index (χ2n) is 7.85. The average Bonchev–Trinajstić information content (AvgIpc) is 2.80. The van der Waals surface area contributed by atoms with Gasteiger partial charge in [0, 0.05) is 5.75 Å². The van der Waals surface area contributed by atoms with E-state index in [1.165, 1.54) is 0 Å². The van der Waals surface area contributed by atoms with Crippen LogP contribution in [0.1, 0.15) is 11.1 Å². The maximum absolute atomic E-state index is 14.6. The molecule has 1 rings (SSSR count). The van der Waals surface area contributed by atoms with E-state index in [9.17, 15) is 92.2 Å². The molecule has 0 nitrogen and oxygen atoms in total. The zero-order valence-electron chi connectivity index (χ0n) is 18.6. The van der Waals surface area contributed by atoms with Gasteiger partial charge in [0.15, 0.2) is 0 Å². The summed E-state index contributed by atoms with van der Waals surface area (Å²) < 4.78 is 282. The second-order valence-corrected chi connectivity index (χ2v) is 8.99. The number of thioether (sulfide) groups is 1. The molecule has 0 aromatic heterocycles. The minimum absolute atomic E-state index is 0.0540. The van der Waals surface area contributed by atoms with Gasteiger partial charge in [0.25, 0.3) is 0 Å². The highest BCUT2D eigenvalue weighted by atomic mass is 32.2. The van der Waals surface area contributed by atoms with Crippen molar-refractivity contribution in [3.8, 4) is 0 Å². The normalized spacial score (nSPS) is 16.9. The Balaban J connectivity index is 3.79. The third-order valence-electron chi connectivity index (χ3n) is 5.11. The maximum atomic E-state index is 14.6. The van der Waals surface area contributed by atoms with E-state index in [0.29, 0.717) is 6.07 Å². The van der Waals surface area contributed by atoms with E-state index >= 15 is 0 Å². The van der Waals surface area contributed by atoms with Crippen LogP contribution in [0.15, 0.2) is 30.8 Å². The molecule has 0 saturated carbocycles. The van der Waals surface area contributed by atoms with Gasteiger partial charge in [-0.05, 0) is 11.1 Å². The van der Waals surface area contributed by atoms with Crippen LogP contribution in [0.25, 0.3) is 6.08 Å². The highest BCUT2D eigenvalue weighted by Crippen LogP contribution is 2.67. The average molecular weight is 668 g/mol. The van der Waals surface area contributed by atoms with E-state index in [4.69, 9.17) is 0 Å². The molecular weight excluding hydrogens is 659 g/mol. The number of hydrogen-bond donors (Lipinski definition) is 0. The molecule has 1 unspecified atom stereocenters. The van der Waals surface area contributed by atoms with E-state index in [-0.39, 0.29) is 5.56 Å². The molecule has 1 aromatic carbocycles. The van der Waals surface area contributed by atoms with Crippen LogP contribution in [0.3, 0.4) is 0 Å². The van der Waals surface area contributed by atoms with Gasteiger partial charge < -0.3 is 0 Å². The van der Waals surface area contributed by atoms with Crippen LogP contribution in [-0.4, -0.2) is 58.8 Å². The Hall–Kier alpha value is -2.16. The van der Waals surface area contributed by atoms with Crippen LogP contribution in [0.2, 0.25) is 0 Å². The number of alkyl halides is 21. The maximum Gasteiger partial charge on any atom is 0.460 e. The van der Waals surface area contributed by atoms with Crippen LogP contribution in [-0.2, 0) is 5.75 Å². The Morgan fingerprint density at radius 1 is 0.512 bits per heavy atom. The van der Waals surface area contributed by atoms with Crippen molar-refractivity contribution in [2.75, 3.05) is 0 Å². The molecule has 22 heteroatoms. The van der Waals surface area contributed by atoms with Crippen molar-refractivity contribution < 1.29 is 92.2 Å². The van der Waals surface area contributed by atoms with Gasteiger partial charge in [-0.25, -0.2) is 4.39 Å². The van der Waals surface area contributed by atoms with Crippen molar-refractivity contribution in [2.24, 2.45) is 0 Å². The largest absolute Gasteiger partial charge is 0.460 e. The third-order valence-corrected chi connectivity index (χ3v) is 6.48. The summed E-state index contributed by atoms with van der Waals surface area (Å²) in [6.07, 6.45) is -14.5. The summed E-state index contributed by atoms with van der Waals surface area (Å²) in [6, 6.07) is 3.46. The van der Waals surface area contributed by atoms with Gasteiger partial charge in [0.05, 0.1) is 0 Å². The van der Waals surface area contributed by atoms with E-state index < -0.39 is 81.9 Å². The van der Waals surface area contributed by atoms with Gasteiger partial charge in [0.2, 0.25) is 0 Å². The minimum atomic E-state index is -9.14. The summed E-state index contributed by atoms with van der Waals surface area (Å²) >= 11 is -2.05. The van der Waals surface area contributed by atoms with Gasteiger partial charge in [0.1, 0.15) is 0 Å². The highest BCUT2D eigenvalue weighted by Gasteiger charge is 2.97. The summed E-state index contributed by atoms with van der Waals surface area (Å²) in [5.74, 6) is -63.6. The summed E-state index contributed by atoms with van der Waals surface area (Å²) in [4.78, 5) is 0. The topological polar surface area (TPSA) is 0 Å². The molecule has 0 amide bonds. The van der Waals surface area contributed by atoms with Gasteiger partial charge in [-0.15, -0.1) is 11.8 Å². The summed E-state index contributed by atoms with van der Waals surface area (Å²) in [6.45, 7) is 3.15. The van der Waals surface area contributed by atoms with Crippen LogP contribution < -0.4 is 0 Å². The van der Waals surface area contributed by atoms with Crippen molar-refractivity contribution in [1.29, 1.82) is 0 Å². The lowest BCUT2D eigenvalue weighted by Crippen LogP contribution is -2.76. The SMILES string of the molecule is C=Cc1cccc(CSC(F)(C(F)(F)F)C(F)(F)C(F)(F)C(F)(F)C(F)(F)C(F)(F)C(F)(F)C(F)(F)C(F)(F)F)c1. The first-order valence-corrected chi connectivity index (χ1v) is 10.6. The molecule has 0 aliphatic heterocycles. The first-order chi connectivity index (χ1) is 17.8. The molecule has 1 atom stereocenters. The Bertz CT molecular complexity index is 1100. The van der Waals surface area contributed by atoms with Crippen LogP contribution in [0.4, 0.5) is 92.2 Å². The highest BCUT2D eigenvalue weighted by molar-refractivity contribution is 7.99. The summed E-state index contributed by atoms with van der Waals surface area (Å²) in [5, 5.41) is -7.15. The lowest BCUT2D eigenvalue weighted by molar-refractivity contribution is -0.467. The van der Waals surface area contributed by atoms with E-state index in [2.05, 4.69) is 6.58 Å². The first kappa shape index (κ1) is 36.9. The van der Waals surface area contributed by atoms with Crippen molar-refractivity contribution in [3.05, 3.63) is 42.0 Å². The molecule has 238 valence electrons. The lowest BCUT2D eigenvalue weighted by Gasteiger charge is -2.45. The van der Waals surface area contributed by atoms with Gasteiger partial charge >= 0.3 is 58.8 Å². The Kier molecular flexibility index (Phi) is 9.20. The third kappa shape index (κ3) is 5.18. The standard InChI is InChI=1S/C19H9F21S/c1-2-8-4-3-5-9(6-8)7-41-17(34,19(38,39)40)15(30,31)13(26,27)11(22,23)10(20,21)12(24,25)14(28,29)16(32,33)18(35,36)37/h2-6H,1,7H2. The molecule has 0 bridgehead atoms. The fourth-order valence-corrected chi connectivity index (χ4v) is 3.73. The molecule has 0 spiro atoms. The fourth-order valence-electron chi connectivity index (χ4n) is 2.71. The fraction of sp³-hybridized carbons (Fsp3) is 0.579. The van der Waals surface area contributed by atoms with Crippen molar-refractivity contribution in [1.82, 2.24) is 0 Å². The molecule has 0 heterocycles. The molecule has 0 fully saturated rings. The minimum Gasteiger partial charge on any atom is -0.215 e. The second kappa shape index (κ2) is 10.2. The Morgan fingerprint density at radius 3 is 1.22 bits per heavy atom. The van der Waals surface area contributed by atoms with Gasteiger partial charge in [-0.3, -0.25) is 0 Å². The van der Waals surface area contributed by atoms with E-state index in [1.54, 1.807) is 0 Å². The number of benzene rings is 1. The van der Waals surface area contributed by atoms with E-state index in [1.807, 2.05) is 0 Å². The number of hydrogen-bond acceptors (Lipinski definition) is 1. The molecule has 0 saturated heterocycles. The van der Waals surface area contributed by atoms with Crippen LogP contribution in [0.5, 0.6) is 0 Å². The Labute approximate surface area is 217 Å². The molecule has 0 radical (unpaired) electrons. The van der Waals surface area contributed by atoms with E-state index in [0.717, 1.165) is 24.3 Å². The number of halogens is 21. The predicted octanol–water partition coefficient (Wildman–Crippen LogP) is 9.80. The predicted molar refractivity (Wildman–Crippen MR) is 98.4 cm³/mol. The summed E-state index contributed by atoms with van der Waals surface area (Å²) in [5.41, 5.74) is -0.739. The molecular formula is C19H9F21S. The van der Waals surface area contributed by atoms with Crippen molar-refractivity contribution in [2.45, 2.75) is 64.6 Å². The quantitative estimate of drug-likeness (QED) is 0.212. The van der Waals surface area contributed by atoms with Crippen molar-refractivity contribution >= 4 is 17.8 Å². The lowest BCUT2D eigenvalue weighted by atomic mass is 9.87. The van der Waals surface area contributed by atoms with Crippen LogP contribution >= 0.6 is 11.8 Å². The zero-order chi connectivity index (χ0) is 33.1. The van der Waals surface area contributed by atoms with Gasteiger partial charge in [-0.2, -0.15) is 87.8 Å². The zero-order valence-corrected chi connectivity index (χ0v) is 19.5. The van der Waals surface area contributed by atoms with Crippen molar-refractivity contribution in [3.63, 3.8) is 0 Å². The monoisotopic (exact) mass is 668 g/mol. The molecule has 0 aliphatic carbocycles. The molecule has 0 aliphatic rings. The molecule has 1 aromatic rings. The summed E-state index contributed by atoms with van der Waals surface area (Å²) in [7, 11) is 0.